The predicted octanol–water partition coefficient (Wildman–Crippen LogP) is 2.82. The van der Waals surface area contributed by atoms with Gasteiger partial charge in [-0.25, -0.2) is 5.43 Å². The number of nitrogens with two attached hydrogens (primary N) is 1. The number of ether oxygens (including phenoxy) is 1. The molecule has 1 amide bonds. The quantitative estimate of drug-likeness (QED) is 0.0607. The van der Waals surface area contributed by atoms with Crippen LogP contribution in [0.4, 0.5) is 5.69 Å². The van der Waals surface area contributed by atoms with Crippen molar-refractivity contribution in [2.75, 3.05) is 12.8 Å². The van der Waals surface area contributed by atoms with Crippen LogP contribution in [-0.2, 0) is 16.6 Å². The van der Waals surface area contributed by atoms with Crippen LogP contribution in [0.15, 0.2) is 52.1 Å². The van der Waals surface area contributed by atoms with Gasteiger partial charge < -0.3 is 30.8 Å². The number of phenols is 3. The third-order valence-electron chi connectivity index (χ3n) is 8.89. The van der Waals surface area contributed by atoms with Gasteiger partial charge in [0, 0.05) is 17.2 Å². The number of nitrogens with one attached hydrogen (secondary N) is 2. The minimum absolute atomic E-state index is 0.0647. The molecule has 0 saturated carbocycles. The highest BCUT2D eigenvalue weighted by molar-refractivity contribution is 6.39. The van der Waals surface area contributed by atoms with Crippen LogP contribution in [0.25, 0.3) is 10.8 Å². The summed E-state index contributed by atoms with van der Waals surface area (Å²) < 4.78 is 4.91. The number of nitrogens with zero attached hydrogens (tertiary/aromatic N) is 1. The Hall–Kier alpha value is -6.28. The molecule has 1 aromatic heterocycles. The second-order valence-corrected chi connectivity index (χ2v) is 11.8. The highest BCUT2D eigenvalue weighted by Gasteiger charge is 2.61. The van der Waals surface area contributed by atoms with Gasteiger partial charge in [-0.15, -0.1) is 0 Å². The van der Waals surface area contributed by atoms with Crippen molar-refractivity contribution in [2.24, 2.45) is 5.10 Å². The Kier molecular flexibility index (Phi) is 6.56. The number of anilines is 1. The van der Waals surface area contributed by atoms with E-state index in [-0.39, 0.29) is 45.5 Å². The maximum atomic E-state index is 14.1. The maximum absolute atomic E-state index is 14.1. The van der Waals surface area contributed by atoms with Crippen LogP contribution in [-0.4, -0.2) is 62.7 Å². The molecule has 7 N–H and O–H groups in total. The summed E-state index contributed by atoms with van der Waals surface area (Å²) in [6, 6.07) is 7.23. The van der Waals surface area contributed by atoms with Gasteiger partial charge in [0.2, 0.25) is 5.78 Å². The lowest BCUT2D eigenvalue weighted by atomic mass is 9.76. The first kappa shape index (κ1) is 30.4. The highest BCUT2D eigenvalue weighted by atomic mass is 35.5. The summed E-state index contributed by atoms with van der Waals surface area (Å²) >= 11 is 5.96. The maximum Gasteiger partial charge on any atom is 0.271 e. The average Bonchev–Trinajstić information content (AvgIpc) is 3.54. The zero-order valence-corrected chi connectivity index (χ0v) is 25.3. The molecule has 4 aromatic rings. The molecule has 15 heteroatoms. The van der Waals surface area contributed by atoms with Crippen LogP contribution in [0, 0.1) is 0 Å². The molecule has 0 aliphatic heterocycles. The molecule has 0 fully saturated rings. The van der Waals surface area contributed by atoms with Crippen molar-refractivity contribution in [2.45, 2.75) is 18.3 Å². The number of methoxy groups -OCH3 is 1. The molecule has 1 heterocycles. The Morgan fingerprint density at radius 1 is 1.00 bits per heavy atom. The molecule has 1 atom stereocenters. The van der Waals surface area contributed by atoms with Gasteiger partial charge in [-0.1, -0.05) is 17.7 Å². The Balaban J connectivity index is 1.29. The number of allylic oxidation sites excluding steroid dienone is 2. The molecule has 3 aliphatic rings. The van der Waals surface area contributed by atoms with E-state index in [2.05, 4.69) is 15.5 Å². The number of aryl methyl sites for hydroxylation is 1. The lowest BCUT2D eigenvalue weighted by Crippen LogP contribution is -2.36. The van der Waals surface area contributed by atoms with E-state index < -0.39 is 85.3 Å². The number of rotatable bonds is 4. The van der Waals surface area contributed by atoms with Crippen molar-refractivity contribution < 1.29 is 44.0 Å². The molecule has 1 spiro atoms. The number of carbonyl (C=O) groups is 5. The minimum Gasteiger partial charge on any atom is -0.507 e. The number of aromatic hydroxyl groups is 3. The second kappa shape index (κ2) is 10.4. The standard InChI is InChI=1S/C33H21ClN4O10/c1-48-18-9-17(39)20-21(25(18)40)27(42)23-22(26(20)41)29(44)33(30(23)45)5-4-11-6-13-7-14(37-32(47)19(13)28(43)24(11)33)10-36-38-31(46)12-2-3-16(35)15(34)8-12/h2-3,6-10,41-43H,4-5,35H2,1H3,(H,37,47)(H,38,46)/t33-/m0/s1. The van der Waals surface area contributed by atoms with Gasteiger partial charge in [0.25, 0.3) is 11.5 Å². The SMILES string of the molecule is COC1=CC(=O)c2c(O)c3c(c(O)c2C1=O)C(=O)[C@]1(CCc2cc4cc(C=NNC(=O)c5ccc(N)c(Cl)c5)[nH]c(=O)c4c(O)c21)C3=O. The number of hydrogen-bond donors (Lipinski definition) is 6. The van der Waals surface area contributed by atoms with E-state index in [0.717, 1.165) is 19.4 Å². The summed E-state index contributed by atoms with van der Waals surface area (Å²) in [6.07, 6.45) is 1.81. The Labute approximate surface area is 273 Å². The van der Waals surface area contributed by atoms with Crippen molar-refractivity contribution in [3.8, 4) is 17.2 Å². The fraction of sp³-hybridized carbons (Fsp3) is 0.121. The van der Waals surface area contributed by atoms with Gasteiger partial charge in [0.15, 0.2) is 23.1 Å². The van der Waals surface area contributed by atoms with E-state index in [1.165, 1.54) is 30.3 Å². The first-order valence-corrected chi connectivity index (χ1v) is 14.6. The van der Waals surface area contributed by atoms with Crippen LogP contribution in [0.3, 0.4) is 0 Å². The number of hydrazone groups is 1. The largest absolute Gasteiger partial charge is 0.507 e. The number of aromatic nitrogens is 1. The summed E-state index contributed by atoms with van der Waals surface area (Å²) in [5.41, 5.74) is 3.04. The number of nitrogen functional groups attached to an aromatic ring is 1. The second-order valence-electron chi connectivity index (χ2n) is 11.4. The summed E-state index contributed by atoms with van der Waals surface area (Å²) in [6.45, 7) is 0. The van der Waals surface area contributed by atoms with Gasteiger partial charge >= 0.3 is 0 Å². The average molecular weight is 669 g/mol. The molecule has 3 aromatic carbocycles. The van der Waals surface area contributed by atoms with Crippen molar-refractivity contribution in [3.05, 3.63) is 102 Å². The fourth-order valence-corrected chi connectivity index (χ4v) is 6.90. The first-order valence-electron chi connectivity index (χ1n) is 14.2. The van der Waals surface area contributed by atoms with Crippen LogP contribution in [0.2, 0.25) is 5.02 Å². The first-order chi connectivity index (χ1) is 22.8. The normalized spacial score (nSPS) is 18.0. The van der Waals surface area contributed by atoms with Gasteiger partial charge in [0.1, 0.15) is 22.7 Å². The number of hydrogen-bond acceptors (Lipinski definition) is 12. The fourth-order valence-electron chi connectivity index (χ4n) is 6.72. The molecule has 0 bridgehead atoms. The lowest BCUT2D eigenvalue weighted by molar-refractivity contribution is 0.0790. The molecular formula is C33H21ClN4O10. The van der Waals surface area contributed by atoms with E-state index in [1.807, 2.05) is 0 Å². The zero-order valence-electron chi connectivity index (χ0n) is 24.6. The number of aromatic amines is 1. The van der Waals surface area contributed by atoms with Crippen LogP contribution in [0.1, 0.15) is 75.0 Å². The molecule has 0 radical (unpaired) electrons. The number of pyridine rings is 1. The van der Waals surface area contributed by atoms with E-state index in [1.54, 1.807) is 0 Å². The monoisotopic (exact) mass is 668 g/mol. The van der Waals surface area contributed by atoms with E-state index in [9.17, 15) is 44.1 Å². The van der Waals surface area contributed by atoms with Crippen molar-refractivity contribution >= 4 is 63.3 Å². The Morgan fingerprint density at radius 3 is 2.35 bits per heavy atom. The summed E-state index contributed by atoms with van der Waals surface area (Å²) in [5.74, 6) is -7.59. The zero-order chi connectivity index (χ0) is 34.4. The molecule has 0 saturated heterocycles. The molecular weight excluding hydrogens is 648 g/mol. The number of carbonyl (C=O) groups excluding carboxylic acids is 5. The van der Waals surface area contributed by atoms with Crippen molar-refractivity contribution in [1.82, 2.24) is 10.4 Å². The summed E-state index contributed by atoms with van der Waals surface area (Å²) in [4.78, 5) is 82.3. The highest BCUT2D eigenvalue weighted by Crippen LogP contribution is 2.57. The van der Waals surface area contributed by atoms with E-state index in [4.69, 9.17) is 22.1 Å². The van der Waals surface area contributed by atoms with Crippen LogP contribution < -0.4 is 16.7 Å². The van der Waals surface area contributed by atoms with Crippen molar-refractivity contribution in [3.63, 3.8) is 0 Å². The number of fused-ring (bicyclic) bond motifs is 5. The molecule has 14 nitrogen and oxygen atoms in total. The molecule has 7 rings (SSSR count). The van der Waals surface area contributed by atoms with Crippen molar-refractivity contribution in [1.29, 1.82) is 0 Å². The Bertz CT molecular complexity index is 2390. The molecule has 240 valence electrons. The van der Waals surface area contributed by atoms with Gasteiger partial charge in [0.05, 0.1) is 57.4 Å². The number of benzene rings is 3. The molecule has 48 heavy (non-hydrogen) atoms. The summed E-state index contributed by atoms with van der Waals surface area (Å²) in [7, 11) is 1.12. The van der Waals surface area contributed by atoms with E-state index >= 15 is 0 Å². The minimum atomic E-state index is -2.17. The Morgan fingerprint density at radius 2 is 1.69 bits per heavy atom. The summed E-state index contributed by atoms with van der Waals surface area (Å²) in [5, 5.41) is 37.8. The third kappa shape index (κ3) is 3.95. The van der Waals surface area contributed by atoms with Gasteiger partial charge in [-0.2, -0.15) is 5.10 Å². The number of Topliss-reactive ketones (excluding diaryl/α,β-unsaturated/α-hetero) is 3. The van der Waals surface area contributed by atoms with Gasteiger partial charge in [-0.3, -0.25) is 28.8 Å². The van der Waals surface area contributed by atoms with E-state index in [0.29, 0.717) is 11.3 Å². The smallest absolute Gasteiger partial charge is 0.271 e. The number of amides is 1. The number of phenolic OH excluding ortho intramolecular Hbond substituents is 3. The topological polar surface area (TPSA) is 239 Å². The number of H-pyrrole nitrogens is 1. The predicted molar refractivity (Wildman–Crippen MR) is 169 cm³/mol. The van der Waals surface area contributed by atoms with Crippen LogP contribution in [0.5, 0.6) is 17.2 Å². The molecule has 0 unspecified atom stereocenters. The third-order valence-corrected chi connectivity index (χ3v) is 9.22. The number of halogens is 1. The molecule has 3 aliphatic carbocycles. The van der Waals surface area contributed by atoms with Crippen LogP contribution >= 0.6 is 11.6 Å². The number of ketones is 4. The lowest BCUT2D eigenvalue weighted by Gasteiger charge is -2.22. The van der Waals surface area contributed by atoms with Gasteiger partial charge in [-0.05, 0) is 48.1 Å².